The Morgan fingerprint density at radius 1 is 1.15 bits per heavy atom. The molecule has 3 N–H and O–H groups in total. The van der Waals surface area contributed by atoms with E-state index in [1.54, 1.807) is 24.3 Å². The van der Waals surface area contributed by atoms with Crippen molar-refractivity contribution < 1.29 is 9.18 Å². The second-order valence-corrected chi connectivity index (χ2v) is 4.76. The molecule has 0 radical (unpaired) electrons. The molecule has 2 aromatic rings. The topological polar surface area (TPSA) is 55.1 Å². The summed E-state index contributed by atoms with van der Waals surface area (Å²) in [6, 6.07) is 13.2. The molecule has 0 spiro atoms. The minimum Gasteiger partial charge on any atom is -0.399 e. The van der Waals surface area contributed by atoms with Crippen LogP contribution in [-0.2, 0) is 11.2 Å². The molecular weight excluding hydrogens is 255 g/mol. The lowest BCUT2D eigenvalue weighted by Gasteiger charge is -2.14. The van der Waals surface area contributed by atoms with Crippen molar-refractivity contribution in [2.24, 2.45) is 0 Å². The van der Waals surface area contributed by atoms with E-state index in [-0.39, 0.29) is 17.8 Å². The molecule has 0 aromatic heterocycles. The number of amides is 1. The maximum absolute atomic E-state index is 12.8. The second-order valence-electron chi connectivity index (χ2n) is 4.76. The third-order valence-corrected chi connectivity index (χ3v) is 3.09. The van der Waals surface area contributed by atoms with Crippen molar-refractivity contribution in [3.63, 3.8) is 0 Å². The Labute approximate surface area is 117 Å². The fourth-order valence-electron chi connectivity index (χ4n) is 1.95. The Bertz CT molecular complexity index is 578. The van der Waals surface area contributed by atoms with Gasteiger partial charge in [0, 0.05) is 5.69 Å². The van der Waals surface area contributed by atoms with Crippen LogP contribution in [0, 0.1) is 5.82 Å². The number of nitrogens with two attached hydrogens (primary N) is 1. The van der Waals surface area contributed by atoms with E-state index in [1.807, 2.05) is 19.1 Å². The maximum Gasteiger partial charge on any atom is 0.224 e. The molecule has 0 aliphatic rings. The van der Waals surface area contributed by atoms with E-state index in [4.69, 9.17) is 5.73 Å². The smallest absolute Gasteiger partial charge is 0.224 e. The predicted molar refractivity (Wildman–Crippen MR) is 77.5 cm³/mol. The molecule has 1 atom stereocenters. The highest BCUT2D eigenvalue weighted by Crippen LogP contribution is 2.13. The number of halogens is 1. The first-order valence-corrected chi connectivity index (χ1v) is 6.44. The molecule has 2 rings (SSSR count). The van der Waals surface area contributed by atoms with Crippen LogP contribution in [-0.4, -0.2) is 5.91 Å². The van der Waals surface area contributed by atoms with Crippen molar-refractivity contribution in [1.82, 2.24) is 5.32 Å². The van der Waals surface area contributed by atoms with Gasteiger partial charge in [0.15, 0.2) is 0 Å². The third-order valence-electron chi connectivity index (χ3n) is 3.09. The zero-order chi connectivity index (χ0) is 14.5. The van der Waals surface area contributed by atoms with Gasteiger partial charge >= 0.3 is 0 Å². The summed E-state index contributed by atoms with van der Waals surface area (Å²) in [6.45, 7) is 1.87. The molecule has 2 aromatic carbocycles. The van der Waals surface area contributed by atoms with E-state index in [9.17, 15) is 9.18 Å². The van der Waals surface area contributed by atoms with E-state index >= 15 is 0 Å². The van der Waals surface area contributed by atoms with Crippen LogP contribution in [0.25, 0.3) is 0 Å². The lowest BCUT2D eigenvalue weighted by atomic mass is 10.1. The van der Waals surface area contributed by atoms with Gasteiger partial charge in [0.2, 0.25) is 5.91 Å². The summed E-state index contributed by atoms with van der Waals surface area (Å²) in [5.41, 5.74) is 8.05. The Kier molecular flexibility index (Phi) is 4.35. The van der Waals surface area contributed by atoms with E-state index < -0.39 is 0 Å². The van der Waals surface area contributed by atoms with Gasteiger partial charge in [-0.1, -0.05) is 24.3 Å². The summed E-state index contributed by atoms with van der Waals surface area (Å²) in [7, 11) is 0. The summed E-state index contributed by atoms with van der Waals surface area (Å²) in [5.74, 6) is -0.360. The predicted octanol–water partition coefficient (Wildman–Crippen LogP) is 2.83. The van der Waals surface area contributed by atoms with Crippen molar-refractivity contribution in [1.29, 1.82) is 0 Å². The number of hydrogen-bond acceptors (Lipinski definition) is 2. The Morgan fingerprint density at radius 2 is 1.75 bits per heavy atom. The van der Waals surface area contributed by atoms with Gasteiger partial charge in [-0.05, 0) is 42.3 Å². The molecule has 1 amide bonds. The summed E-state index contributed by atoms with van der Waals surface area (Å²) < 4.78 is 12.8. The van der Waals surface area contributed by atoms with Gasteiger partial charge in [0.1, 0.15) is 5.82 Å². The summed E-state index contributed by atoms with van der Waals surface area (Å²) >= 11 is 0. The molecule has 3 nitrogen and oxygen atoms in total. The van der Waals surface area contributed by atoms with Gasteiger partial charge in [-0.2, -0.15) is 0 Å². The van der Waals surface area contributed by atoms with Crippen LogP contribution >= 0.6 is 0 Å². The van der Waals surface area contributed by atoms with Crippen molar-refractivity contribution >= 4 is 11.6 Å². The summed E-state index contributed by atoms with van der Waals surface area (Å²) in [4.78, 5) is 11.9. The van der Waals surface area contributed by atoms with Crippen LogP contribution in [0.3, 0.4) is 0 Å². The Hall–Kier alpha value is -2.36. The van der Waals surface area contributed by atoms with E-state index in [1.165, 1.54) is 12.1 Å². The first-order chi connectivity index (χ1) is 9.54. The molecule has 0 aliphatic heterocycles. The number of nitrogens with one attached hydrogen (secondary N) is 1. The maximum atomic E-state index is 12.8. The number of nitrogen functional groups attached to an aromatic ring is 1. The SMILES string of the molecule is C[C@@H](NC(=O)Cc1ccc(N)cc1)c1ccc(F)cc1. The molecule has 0 unspecified atom stereocenters. The van der Waals surface area contributed by atoms with Crippen molar-refractivity contribution in [2.45, 2.75) is 19.4 Å². The quantitative estimate of drug-likeness (QED) is 0.841. The molecule has 20 heavy (non-hydrogen) atoms. The first kappa shape index (κ1) is 14.1. The number of carbonyl (C=O) groups is 1. The molecule has 4 heteroatoms. The van der Waals surface area contributed by atoms with Crippen LogP contribution in [0.15, 0.2) is 48.5 Å². The molecule has 104 valence electrons. The van der Waals surface area contributed by atoms with E-state index in [0.29, 0.717) is 12.1 Å². The summed E-state index contributed by atoms with van der Waals surface area (Å²) in [5, 5.41) is 2.89. The number of carbonyl (C=O) groups excluding carboxylic acids is 1. The first-order valence-electron chi connectivity index (χ1n) is 6.44. The Morgan fingerprint density at radius 3 is 2.35 bits per heavy atom. The van der Waals surface area contributed by atoms with Crippen molar-refractivity contribution in [3.05, 3.63) is 65.5 Å². The van der Waals surface area contributed by atoms with Gasteiger partial charge in [-0.3, -0.25) is 4.79 Å². The van der Waals surface area contributed by atoms with Crippen LogP contribution < -0.4 is 11.1 Å². The van der Waals surface area contributed by atoms with Crippen LogP contribution in [0.4, 0.5) is 10.1 Å². The van der Waals surface area contributed by atoms with Crippen molar-refractivity contribution in [2.75, 3.05) is 5.73 Å². The van der Waals surface area contributed by atoms with E-state index in [0.717, 1.165) is 11.1 Å². The molecular formula is C16H17FN2O. The zero-order valence-electron chi connectivity index (χ0n) is 11.3. The standard InChI is InChI=1S/C16H17FN2O/c1-11(13-4-6-14(17)7-5-13)19-16(20)10-12-2-8-15(18)9-3-12/h2-9,11H,10,18H2,1H3,(H,19,20)/t11-/m1/s1. The number of hydrogen-bond donors (Lipinski definition) is 2. The fraction of sp³-hybridized carbons (Fsp3) is 0.188. The molecule has 0 saturated heterocycles. The minimum absolute atomic E-state index is 0.0772. The van der Waals surface area contributed by atoms with Crippen molar-refractivity contribution in [3.8, 4) is 0 Å². The molecule has 0 saturated carbocycles. The van der Waals surface area contributed by atoms with Gasteiger partial charge in [0.05, 0.1) is 12.5 Å². The van der Waals surface area contributed by atoms with Gasteiger partial charge in [-0.15, -0.1) is 0 Å². The monoisotopic (exact) mass is 272 g/mol. The zero-order valence-corrected chi connectivity index (χ0v) is 11.3. The highest BCUT2D eigenvalue weighted by molar-refractivity contribution is 5.79. The molecule has 0 heterocycles. The fourth-order valence-corrected chi connectivity index (χ4v) is 1.95. The molecule has 0 fully saturated rings. The lowest BCUT2D eigenvalue weighted by molar-refractivity contribution is -0.121. The van der Waals surface area contributed by atoms with Gasteiger partial charge in [-0.25, -0.2) is 4.39 Å². The van der Waals surface area contributed by atoms with Crippen LogP contribution in [0.1, 0.15) is 24.1 Å². The lowest BCUT2D eigenvalue weighted by Crippen LogP contribution is -2.28. The second kappa shape index (κ2) is 6.19. The molecule has 0 bridgehead atoms. The van der Waals surface area contributed by atoms with Gasteiger partial charge in [0.25, 0.3) is 0 Å². The Balaban J connectivity index is 1.93. The normalized spacial score (nSPS) is 11.9. The van der Waals surface area contributed by atoms with Crippen LogP contribution in [0.2, 0.25) is 0 Å². The number of anilines is 1. The third kappa shape index (κ3) is 3.82. The number of benzene rings is 2. The average molecular weight is 272 g/mol. The summed E-state index contributed by atoms with van der Waals surface area (Å²) in [6.07, 6.45) is 0.297. The van der Waals surface area contributed by atoms with Gasteiger partial charge < -0.3 is 11.1 Å². The largest absolute Gasteiger partial charge is 0.399 e. The van der Waals surface area contributed by atoms with Crippen LogP contribution in [0.5, 0.6) is 0 Å². The average Bonchev–Trinajstić information content (AvgIpc) is 2.42. The molecule has 0 aliphatic carbocycles. The highest BCUT2D eigenvalue weighted by Gasteiger charge is 2.10. The highest BCUT2D eigenvalue weighted by atomic mass is 19.1. The minimum atomic E-state index is -0.283. The van der Waals surface area contributed by atoms with E-state index in [2.05, 4.69) is 5.32 Å². The number of rotatable bonds is 4.